The van der Waals surface area contributed by atoms with Crippen LogP contribution in [0.25, 0.3) is 11.4 Å². The van der Waals surface area contributed by atoms with Crippen molar-refractivity contribution in [1.82, 2.24) is 24.8 Å². The van der Waals surface area contributed by atoms with E-state index >= 15 is 0 Å². The van der Waals surface area contributed by atoms with Crippen molar-refractivity contribution in [3.05, 3.63) is 48.2 Å². The van der Waals surface area contributed by atoms with Crippen molar-refractivity contribution in [3.63, 3.8) is 0 Å². The van der Waals surface area contributed by atoms with Gasteiger partial charge in [0.2, 0.25) is 0 Å². The number of pyridine rings is 2. The Balaban J connectivity index is 1.38. The first-order chi connectivity index (χ1) is 15.8. The highest BCUT2D eigenvalue weighted by molar-refractivity contribution is 6.05. The topological polar surface area (TPSA) is 108 Å². The van der Waals surface area contributed by atoms with Crippen LogP contribution in [0.4, 0.5) is 17.2 Å². The van der Waals surface area contributed by atoms with Gasteiger partial charge >= 0.3 is 0 Å². The van der Waals surface area contributed by atoms with Crippen LogP contribution in [0.3, 0.4) is 0 Å². The Kier molecular flexibility index (Phi) is 5.28. The number of aliphatic hydroxyl groups is 1. The third-order valence-electron chi connectivity index (χ3n) is 6.69. The second-order valence-electron chi connectivity index (χ2n) is 9.41. The third kappa shape index (κ3) is 4.04. The van der Waals surface area contributed by atoms with Crippen molar-refractivity contribution in [2.24, 2.45) is 13.0 Å². The van der Waals surface area contributed by atoms with E-state index in [0.717, 1.165) is 48.6 Å². The summed E-state index contributed by atoms with van der Waals surface area (Å²) in [4.78, 5) is 28.3. The molecule has 1 atom stereocenters. The monoisotopic (exact) mass is 447 g/mol. The molecule has 9 heteroatoms. The average molecular weight is 448 g/mol. The lowest BCUT2D eigenvalue weighted by molar-refractivity contribution is 0.0110. The summed E-state index contributed by atoms with van der Waals surface area (Å²) in [5.41, 5.74) is 4.04. The van der Waals surface area contributed by atoms with Crippen LogP contribution in [0, 0.1) is 5.92 Å². The number of hydrogen-bond donors (Lipinski definition) is 3. The van der Waals surface area contributed by atoms with Gasteiger partial charge in [-0.15, -0.1) is 0 Å². The van der Waals surface area contributed by atoms with E-state index < -0.39 is 5.60 Å². The number of nitrogens with one attached hydrogen (secondary N) is 2. The molecule has 1 amide bonds. The number of aromatic nitrogens is 4. The average Bonchev–Trinajstić information content (AvgIpc) is 3.40. The number of piperidine rings is 1. The first-order valence-electron chi connectivity index (χ1n) is 11.3. The van der Waals surface area contributed by atoms with Crippen molar-refractivity contribution in [2.45, 2.75) is 38.8 Å². The van der Waals surface area contributed by atoms with E-state index in [1.807, 2.05) is 43.8 Å². The number of amides is 1. The highest BCUT2D eigenvalue weighted by Gasteiger charge is 2.32. The molecule has 0 unspecified atom stereocenters. The minimum absolute atomic E-state index is 0.124. The Morgan fingerprint density at radius 2 is 2.06 bits per heavy atom. The second kappa shape index (κ2) is 8.15. The molecule has 2 aliphatic heterocycles. The second-order valence-corrected chi connectivity index (χ2v) is 9.41. The van der Waals surface area contributed by atoms with E-state index in [4.69, 9.17) is 0 Å². The summed E-state index contributed by atoms with van der Waals surface area (Å²) >= 11 is 0. The van der Waals surface area contributed by atoms with Crippen LogP contribution in [0.5, 0.6) is 0 Å². The number of aryl methyl sites for hydroxylation is 1. The zero-order valence-electron chi connectivity index (χ0n) is 19.2. The SMILES string of the molecule is Cn1cncc1-c1ncc(Nc2ccc(N3CCC[C@H](C(C)(C)O)C3)cn2)c2c1CNC2=O. The fourth-order valence-electron chi connectivity index (χ4n) is 4.72. The van der Waals surface area contributed by atoms with Gasteiger partial charge in [0.15, 0.2) is 0 Å². The number of imidazole rings is 1. The van der Waals surface area contributed by atoms with Gasteiger partial charge in [-0.3, -0.25) is 9.78 Å². The van der Waals surface area contributed by atoms with Gasteiger partial charge in [-0.05, 0) is 38.8 Å². The molecule has 172 valence electrons. The van der Waals surface area contributed by atoms with Crippen molar-refractivity contribution in [1.29, 1.82) is 0 Å². The molecule has 3 aromatic rings. The van der Waals surface area contributed by atoms with Gasteiger partial charge in [-0.25, -0.2) is 9.97 Å². The minimum atomic E-state index is -0.691. The van der Waals surface area contributed by atoms with Gasteiger partial charge in [-0.2, -0.15) is 0 Å². The molecule has 3 N–H and O–H groups in total. The Bertz CT molecular complexity index is 1180. The number of nitrogens with zero attached hydrogens (tertiary/aromatic N) is 5. The first kappa shape index (κ1) is 21.4. The highest BCUT2D eigenvalue weighted by atomic mass is 16.3. The maximum absolute atomic E-state index is 12.6. The third-order valence-corrected chi connectivity index (χ3v) is 6.69. The number of hydrogen-bond acceptors (Lipinski definition) is 7. The summed E-state index contributed by atoms with van der Waals surface area (Å²) < 4.78 is 1.89. The van der Waals surface area contributed by atoms with Crippen LogP contribution >= 0.6 is 0 Å². The van der Waals surface area contributed by atoms with Gasteiger partial charge in [0, 0.05) is 38.2 Å². The summed E-state index contributed by atoms with van der Waals surface area (Å²) in [5, 5.41) is 16.6. The predicted octanol–water partition coefficient (Wildman–Crippen LogP) is 2.85. The fourth-order valence-corrected chi connectivity index (χ4v) is 4.72. The molecule has 2 aliphatic rings. The summed E-state index contributed by atoms with van der Waals surface area (Å²) in [6.07, 6.45) is 9.07. The largest absolute Gasteiger partial charge is 0.390 e. The van der Waals surface area contributed by atoms with Crippen LogP contribution in [-0.2, 0) is 13.6 Å². The van der Waals surface area contributed by atoms with Gasteiger partial charge < -0.3 is 25.2 Å². The molecule has 5 heterocycles. The molecular formula is C24H29N7O2. The quantitative estimate of drug-likeness (QED) is 0.552. The highest BCUT2D eigenvalue weighted by Crippen LogP contribution is 2.34. The zero-order chi connectivity index (χ0) is 23.2. The molecule has 0 spiro atoms. The summed E-state index contributed by atoms with van der Waals surface area (Å²) in [5.74, 6) is 0.752. The Labute approximate surface area is 192 Å². The molecule has 5 rings (SSSR count). The molecule has 3 aromatic heterocycles. The molecule has 1 saturated heterocycles. The minimum Gasteiger partial charge on any atom is -0.390 e. The molecule has 33 heavy (non-hydrogen) atoms. The van der Waals surface area contributed by atoms with E-state index in [2.05, 4.69) is 30.5 Å². The van der Waals surface area contributed by atoms with E-state index in [0.29, 0.717) is 23.6 Å². The molecule has 0 aliphatic carbocycles. The first-order valence-corrected chi connectivity index (χ1v) is 11.3. The van der Waals surface area contributed by atoms with Crippen molar-refractivity contribution in [3.8, 4) is 11.4 Å². The fraction of sp³-hybridized carbons (Fsp3) is 0.417. The van der Waals surface area contributed by atoms with Crippen LogP contribution in [0.15, 0.2) is 37.1 Å². The maximum atomic E-state index is 12.6. The van der Waals surface area contributed by atoms with E-state index in [1.54, 1.807) is 18.7 Å². The Hall–Kier alpha value is -3.46. The van der Waals surface area contributed by atoms with Crippen molar-refractivity contribution in [2.75, 3.05) is 23.3 Å². The zero-order valence-corrected chi connectivity index (χ0v) is 19.2. The van der Waals surface area contributed by atoms with E-state index in [-0.39, 0.29) is 11.8 Å². The smallest absolute Gasteiger partial charge is 0.254 e. The van der Waals surface area contributed by atoms with Crippen molar-refractivity contribution < 1.29 is 9.90 Å². The number of anilines is 3. The Morgan fingerprint density at radius 3 is 2.76 bits per heavy atom. The van der Waals surface area contributed by atoms with E-state index in [1.165, 1.54) is 0 Å². The van der Waals surface area contributed by atoms with Gasteiger partial charge in [-0.1, -0.05) is 0 Å². The number of fused-ring (bicyclic) bond motifs is 1. The lowest BCUT2D eigenvalue weighted by Gasteiger charge is -2.39. The molecule has 0 saturated carbocycles. The molecule has 0 bridgehead atoms. The predicted molar refractivity (Wildman–Crippen MR) is 126 cm³/mol. The molecule has 0 aromatic carbocycles. The number of carbonyl (C=O) groups is 1. The molecule has 1 fully saturated rings. The maximum Gasteiger partial charge on any atom is 0.254 e. The van der Waals surface area contributed by atoms with Gasteiger partial charge in [0.05, 0.1) is 58.8 Å². The molecule has 0 radical (unpaired) electrons. The van der Waals surface area contributed by atoms with Crippen LogP contribution in [0.2, 0.25) is 0 Å². The van der Waals surface area contributed by atoms with E-state index in [9.17, 15) is 9.90 Å². The normalized spacial score (nSPS) is 18.2. The van der Waals surface area contributed by atoms with Crippen molar-refractivity contribution >= 4 is 23.1 Å². The summed E-state index contributed by atoms with van der Waals surface area (Å²) in [6.45, 7) is 5.96. The number of rotatable bonds is 5. The lowest BCUT2D eigenvalue weighted by Crippen LogP contribution is -2.44. The van der Waals surface area contributed by atoms with Crippen LogP contribution < -0.4 is 15.5 Å². The summed E-state index contributed by atoms with van der Waals surface area (Å²) in [7, 11) is 1.91. The van der Waals surface area contributed by atoms with Gasteiger partial charge in [0.1, 0.15) is 5.82 Å². The molecule has 9 nitrogen and oxygen atoms in total. The van der Waals surface area contributed by atoms with Crippen LogP contribution in [-0.4, -0.2) is 49.2 Å². The van der Waals surface area contributed by atoms with Crippen LogP contribution in [0.1, 0.15) is 42.6 Å². The van der Waals surface area contributed by atoms with Gasteiger partial charge in [0.25, 0.3) is 5.91 Å². The Morgan fingerprint density at radius 1 is 1.21 bits per heavy atom. The molecular weight excluding hydrogens is 418 g/mol. The number of carbonyl (C=O) groups excluding carboxylic acids is 1. The lowest BCUT2D eigenvalue weighted by atomic mass is 9.84. The standard InChI is InChI=1S/C24H29N7O2/c1-24(2,33)15-5-4-8-31(13-15)16-6-7-20(26-9-16)29-18-11-27-22(19-12-25-14-30(19)3)17-10-28-23(32)21(17)18/h6-7,9,11-12,14-15,33H,4-5,8,10,13H2,1-3H3,(H,26,29)(H,28,32)/t15-/m0/s1. The summed E-state index contributed by atoms with van der Waals surface area (Å²) in [6, 6.07) is 3.94.